The molecule has 0 aliphatic carbocycles. The Labute approximate surface area is 104 Å². The van der Waals surface area contributed by atoms with E-state index in [0.717, 1.165) is 12.8 Å². The maximum atomic E-state index is 2.27. The van der Waals surface area contributed by atoms with Crippen LogP contribution in [0.4, 0.5) is 0 Å². The van der Waals surface area contributed by atoms with Gasteiger partial charge >= 0.3 is 0 Å². The molecule has 0 N–H and O–H groups in total. The topological polar surface area (TPSA) is 0 Å². The molecule has 0 saturated carbocycles. The fourth-order valence-electron chi connectivity index (χ4n) is 2.32. The van der Waals surface area contributed by atoms with Gasteiger partial charge in [-0.1, -0.05) is 55.0 Å². The maximum Gasteiger partial charge on any atom is -0.00204 e. The van der Waals surface area contributed by atoms with Crippen LogP contribution >= 0.6 is 0 Å². The molecule has 0 atom stereocenters. The van der Waals surface area contributed by atoms with Crippen molar-refractivity contribution in [1.29, 1.82) is 0 Å². The molecule has 0 fully saturated rings. The van der Waals surface area contributed by atoms with E-state index < -0.39 is 0 Å². The van der Waals surface area contributed by atoms with E-state index in [-0.39, 0.29) is 0 Å². The Morgan fingerprint density at radius 3 is 2.18 bits per heavy atom. The second-order valence-corrected chi connectivity index (χ2v) is 4.73. The van der Waals surface area contributed by atoms with Gasteiger partial charge in [0.25, 0.3) is 0 Å². The van der Waals surface area contributed by atoms with Crippen LogP contribution in [0, 0.1) is 13.8 Å². The lowest BCUT2D eigenvalue weighted by atomic mass is 9.95. The molecule has 0 amide bonds. The second kappa shape index (κ2) is 5.18. The fraction of sp³-hybridized carbons (Fsp3) is 0.294. The molecule has 0 aromatic heterocycles. The van der Waals surface area contributed by atoms with Gasteiger partial charge in [0, 0.05) is 0 Å². The van der Waals surface area contributed by atoms with Crippen LogP contribution in [0.15, 0.2) is 42.5 Å². The van der Waals surface area contributed by atoms with E-state index in [1.165, 1.54) is 27.8 Å². The van der Waals surface area contributed by atoms with Crippen LogP contribution in [0.3, 0.4) is 0 Å². The highest BCUT2D eigenvalue weighted by molar-refractivity contribution is 5.37. The minimum absolute atomic E-state index is 1.05. The molecule has 0 aliphatic heterocycles. The molecular formula is C17H20. The number of benzene rings is 2. The zero-order chi connectivity index (χ0) is 12.3. The van der Waals surface area contributed by atoms with E-state index in [1.54, 1.807) is 0 Å². The summed E-state index contributed by atoms with van der Waals surface area (Å²) in [4.78, 5) is 0. The van der Waals surface area contributed by atoms with Gasteiger partial charge < -0.3 is 0 Å². The average Bonchev–Trinajstić information content (AvgIpc) is 2.33. The Morgan fingerprint density at radius 2 is 1.53 bits per heavy atom. The van der Waals surface area contributed by atoms with Gasteiger partial charge in [0.2, 0.25) is 0 Å². The third-order valence-electron chi connectivity index (χ3n) is 3.38. The van der Waals surface area contributed by atoms with E-state index >= 15 is 0 Å². The molecule has 0 unspecified atom stereocenters. The second-order valence-electron chi connectivity index (χ2n) is 4.73. The minimum atomic E-state index is 1.05. The smallest absolute Gasteiger partial charge is 0.00204 e. The predicted molar refractivity (Wildman–Crippen MR) is 74.5 cm³/mol. The Balaban J connectivity index is 2.31. The number of aryl methyl sites for hydroxylation is 3. The lowest BCUT2D eigenvalue weighted by Crippen LogP contribution is -1.96. The normalized spacial score (nSPS) is 10.5. The molecule has 2 aromatic carbocycles. The third-order valence-corrected chi connectivity index (χ3v) is 3.38. The summed E-state index contributed by atoms with van der Waals surface area (Å²) in [6, 6.07) is 15.5. The van der Waals surface area contributed by atoms with Crippen LogP contribution in [0.1, 0.15) is 34.7 Å². The first-order chi connectivity index (χ1) is 8.20. The first-order valence-electron chi connectivity index (χ1n) is 6.33. The molecule has 2 aromatic rings. The molecular weight excluding hydrogens is 204 g/mol. The molecule has 0 bridgehead atoms. The van der Waals surface area contributed by atoms with Crippen molar-refractivity contribution in [2.45, 2.75) is 33.6 Å². The van der Waals surface area contributed by atoms with Gasteiger partial charge in [-0.2, -0.15) is 0 Å². The summed E-state index contributed by atoms with van der Waals surface area (Å²) in [7, 11) is 0. The quantitative estimate of drug-likeness (QED) is 0.722. The van der Waals surface area contributed by atoms with Crippen LogP contribution in [0.2, 0.25) is 0 Å². The Morgan fingerprint density at radius 1 is 0.824 bits per heavy atom. The summed E-state index contributed by atoms with van der Waals surface area (Å²) < 4.78 is 0. The molecule has 0 aliphatic rings. The van der Waals surface area contributed by atoms with E-state index in [0.29, 0.717) is 0 Å². The van der Waals surface area contributed by atoms with Gasteiger partial charge in [-0.3, -0.25) is 0 Å². The van der Waals surface area contributed by atoms with E-state index in [1.807, 2.05) is 0 Å². The lowest BCUT2D eigenvalue weighted by Gasteiger charge is -2.10. The van der Waals surface area contributed by atoms with Crippen molar-refractivity contribution in [3.63, 3.8) is 0 Å². The SMILES string of the molecule is CCc1ccccc1Cc1ccc(C)cc1C. The number of hydrogen-bond donors (Lipinski definition) is 0. The first-order valence-corrected chi connectivity index (χ1v) is 6.33. The summed E-state index contributed by atoms with van der Waals surface area (Å²) in [5.41, 5.74) is 7.11. The van der Waals surface area contributed by atoms with Gasteiger partial charge in [0.15, 0.2) is 0 Å². The zero-order valence-electron chi connectivity index (χ0n) is 11.0. The standard InChI is InChI=1S/C17H20/c1-4-15-7-5-6-8-17(15)12-16-10-9-13(2)11-14(16)3/h5-11H,4,12H2,1-3H3. The molecule has 0 heterocycles. The molecule has 0 saturated heterocycles. The summed E-state index contributed by atoms with van der Waals surface area (Å²) in [6.07, 6.45) is 2.16. The summed E-state index contributed by atoms with van der Waals surface area (Å²) in [5, 5.41) is 0. The maximum absolute atomic E-state index is 2.27. The van der Waals surface area contributed by atoms with Gasteiger partial charge in [0.1, 0.15) is 0 Å². The summed E-state index contributed by atoms with van der Waals surface area (Å²) >= 11 is 0. The van der Waals surface area contributed by atoms with Crippen molar-refractivity contribution < 1.29 is 0 Å². The molecule has 2 rings (SSSR count). The Bertz CT molecular complexity index is 509. The highest BCUT2D eigenvalue weighted by atomic mass is 14.1. The zero-order valence-corrected chi connectivity index (χ0v) is 11.0. The fourth-order valence-corrected chi connectivity index (χ4v) is 2.32. The third kappa shape index (κ3) is 2.76. The average molecular weight is 224 g/mol. The van der Waals surface area contributed by atoms with Crippen LogP contribution in [0.25, 0.3) is 0 Å². The molecule has 0 heteroatoms. The lowest BCUT2D eigenvalue weighted by molar-refractivity contribution is 1.05. The van der Waals surface area contributed by atoms with Gasteiger partial charge in [0.05, 0.1) is 0 Å². The van der Waals surface area contributed by atoms with Crippen molar-refractivity contribution in [1.82, 2.24) is 0 Å². The first kappa shape index (κ1) is 11.9. The van der Waals surface area contributed by atoms with Crippen LogP contribution in [-0.4, -0.2) is 0 Å². The summed E-state index contributed by atoms with van der Waals surface area (Å²) in [6.45, 7) is 6.58. The van der Waals surface area contributed by atoms with Crippen molar-refractivity contribution in [3.8, 4) is 0 Å². The minimum Gasteiger partial charge on any atom is -0.0620 e. The predicted octanol–water partition coefficient (Wildman–Crippen LogP) is 4.46. The summed E-state index contributed by atoms with van der Waals surface area (Å²) in [5.74, 6) is 0. The molecule has 17 heavy (non-hydrogen) atoms. The van der Waals surface area contributed by atoms with Crippen molar-refractivity contribution in [2.24, 2.45) is 0 Å². The van der Waals surface area contributed by atoms with Gasteiger partial charge in [-0.15, -0.1) is 0 Å². The molecule has 0 spiro atoms. The number of hydrogen-bond acceptors (Lipinski definition) is 0. The Kier molecular flexibility index (Phi) is 3.63. The highest BCUT2D eigenvalue weighted by Crippen LogP contribution is 2.18. The Hall–Kier alpha value is -1.56. The van der Waals surface area contributed by atoms with Crippen LogP contribution in [-0.2, 0) is 12.8 Å². The van der Waals surface area contributed by atoms with Crippen molar-refractivity contribution in [3.05, 3.63) is 70.3 Å². The van der Waals surface area contributed by atoms with Crippen LogP contribution < -0.4 is 0 Å². The van der Waals surface area contributed by atoms with Crippen molar-refractivity contribution >= 4 is 0 Å². The van der Waals surface area contributed by atoms with Crippen molar-refractivity contribution in [2.75, 3.05) is 0 Å². The van der Waals surface area contributed by atoms with Gasteiger partial charge in [-0.05, 0) is 48.9 Å². The van der Waals surface area contributed by atoms with E-state index in [2.05, 4.69) is 63.2 Å². The van der Waals surface area contributed by atoms with Crippen LogP contribution in [0.5, 0.6) is 0 Å². The van der Waals surface area contributed by atoms with E-state index in [9.17, 15) is 0 Å². The number of rotatable bonds is 3. The van der Waals surface area contributed by atoms with Gasteiger partial charge in [-0.25, -0.2) is 0 Å². The monoisotopic (exact) mass is 224 g/mol. The largest absolute Gasteiger partial charge is 0.0620 e. The van der Waals surface area contributed by atoms with E-state index in [4.69, 9.17) is 0 Å². The highest BCUT2D eigenvalue weighted by Gasteiger charge is 2.03. The molecule has 0 radical (unpaired) electrons. The molecule has 0 nitrogen and oxygen atoms in total. The molecule has 88 valence electrons.